The summed E-state index contributed by atoms with van der Waals surface area (Å²) in [5.74, 6) is 0.798. The molecular formula is C28H48BNO2. The maximum Gasteiger partial charge on any atom is 0.457 e. The van der Waals surface area contributed by atoms with Gasteiger partial charge in [-0.25, -0.2) is 0 Å². The van der Waals surface area contributed by atoms with Gasteiger partial charge in [-0.15, -0.1) is 0 Å². The lowest BCUT2D eigenvalue weighted by molar-refractivity contribution is -0.0128. The van der Waals surface area contributed by atoms with Crippen molar-refractivity contribution in [2.75, 3.05) is 13.1 Å². The summed E-state index contributed by atoms with van der Waals surface area (Å²) in [6, 6.07) is 10.9. The minimum absolute atomic E-state index is 0.0536. The minimum atomic E-state index is -0.217. The molecule has 180 valence electrons. The molecule has 2 aliphatic heterocycles. The van der Waals surface area contributed by atoms with Crippen molar-refractivity contribution < 1.29 is 9.31 Å². The predicted molar refractivity (Wildman–Crippen MR) is 137 cm³/mol. The first-order valence-electron chi connectivity index (χ1n) is 13.0. The zero-order valence-electron chi connectivity index (χ0n) is 22.2. The molecule has 0 N–H and O–H groups in total. The van der Waals surface area contributed by atoms with Crippen LogP contribution in [0.3, 0.4) is 0 Å². The standard InChI is InChI=1S/C28H48BNO2/c1-25(2,3)28(8,18-12-13-19-29-31-26(4,5)27(6,7)32-29)24-16-20-30(21-17-24)22-23-14-10-9-11-15-23/h9-11,14-15,24H,12-13,16-22H2,1-8H3. The maximum atomic E-state index is 6.21. The van der Waals surface area contributed by atoms with E-state index in [-0.39, 0.29) is 18.3 Å². The molecule has 1 unspecified atom stereocenters. The molecule has 1 aromatic rings. The zero-order chi connectivity index (χ0) is 23.6. The number of hydrogen-bond donors (Lipinski definition) is 0. The topological polar surface area (TPSA) is 21.7 Å². The third-order valence-corrected chi connectivity index (χ3v) is 9.14. The Morgan fingerprint density at radius 2 is 1.47 bits per heavy atom. The van der Waals surface area contributed by atoms with Gasteiger partial charge < -0.3 is 9.31 Å². The Morgan fingerprint density at radius 3 is 2.00 bits per heavy atom. The van der Waals surface area contributed by atoms with E-state index in [4.69, 9.17) is 9.31 Å². The van der Waals surface area contributed by atoms with E-state index in [1.54, 1.807) is 0 Å². The molecule has 0 bridgehead atoms. The Labute approximate surface area is 198 Å². The second-order valence-corrected chi connectivity index (χ2v) is 12.6. The van der Waals surface area contributed by atoms with Crippen LogP contribution >= 0.6 is 0 Å². The summed E-state index contributed by atoms with van der Waals surface area (Å²) in [6.07, 6.45) is 7.36. The SMILES string of the molecule is CC(C)(C)C(C)(CCCCB1OC(C)(C)C(C)(C)O1)C1CCN(Cc2ccccc2)CC1. The quantitative estimate of drug-likeness (QED) is 0.314. The average molecular weight is 442 g/mol. The highest BCUT2D eigenvalue weighted by Gasteiger charge is 2.50. The lowest BCUT2D eigenvalue weighted by Gasteiger charge is -2.51. The van der Waals surface area contributed by atoms with Crippen LogP contribution in [0.1, 0.15) is 93.1 Å². The maximum absolute atomic E-state index is 6.21. The number of nitrogens with zero attached hydrogens (tertiary/aromatic N) is 1. The molecule has 2 aliphatic rings. The first-order chi connectivity index (χ1) is 14.8. The highest BCUT2D eigenvalue weighted by Crippen LogP contribution is 2.52. The number of likely N-dealkylation sites (tertiary alicyclic amines) is 1. The molecule has 1 aromatic carbocycles. The molecule has 0 spiro atoms. The molecule has 0 amide bonds. The molecule has 2 saturated heterocycles. The van der Waals surface area contributed by atoms with Gasteiger partial charge in [-0.3, -0.25) is 4.90 Å². The number of hydrogen-bond acceptors (Lipinski definition) is 3. The first-order valence-corrected chi connectivity index (χ1v) is 13.0. The summed E-state index contributed by atoms with van der Waals surface area (Å²) in [6.45, 7) is 22.1. The van der Waals surface area contributed by atoms with Crippen LogP contribution in [0.4, 0.5) is 0 Å². The van der Waals surface area contributed by atoms with Gasteiger partial charge in [0, 0.05) is 6.54 Å². The van der Waals surface area contributed by atoms with Crippen LogP contribution in [0.2, 0.25) is 6.32 Å². The number of rotatable bonds is 8. The molecule has 3 nitrogen and oxygen atoms in total. The molecule has 2 heterocycles. The van der Waals surface area contributed by atoms with Crippen molar-refractivity contribution in [3.8, 4) is 0 Å². The largest absolute Gasteiger partial charge is 0.457 e. The fraction of sp³-hybridized carbons (Fsp3) is 0.786. The van der Waals surface area contributed by atoms with Crippen LogP contribution in [-0.4, -0.2) is 36.3 Å². The van der Waals surface area contributed by atoms with Crippen LogP contribution in [0.5, 0.6) is 0 Å². The van der Waals surface area contributed by atoms with Crippen LogP contribution in [0.25, 0.3) is 0 Å². The van der Waals surface area contributed by atoms with Crippen molar-refractivity contribution in [2.45, 2.75) is 112 Å². The molecule has 0 radical (unpaired) electrons. The van der Waals surface area contributed by atoms with Crippen LogP contribution in [-0.2, 0) is 15.9 Å². The van der Waals surface area contributed by atoms with Crippen molar-refractivity contribution in [3.05, 3.63) is 35.9 Å². The van der Waals surface area contributed by atoms with Gasteiger partial charge in [-0.1, -0.05) is 70.9 Å². The van der Waals surface area contributed by atoms with Crippen LogP contribution in [0.15, 0.2) is 30.3 Å². The lowest BCUT2D eigenvalue weighted by Crippen LogP contribution is -2.45. The monoisotopic (exact) mass is 441 g/mol. The molecule has 1 atom stereocenters. The molecule has 0 aromatic heterocycles. The van der Waals surface area contributed by atoms with E-state index in [0.717, 1.165) is 18.8 Å². The van der Waals surface area contributed by atoms with Gasteiger partial charge in [0.15, 0.2) is 0 Å². The van der Waals surface area contributed by atoms with Crippen LogP contribution in [0, 0.1) is 16.7 Å². The fourth-order valence-corrected chi connectivity index (χ4v) is 5.65. The van der Waals surface area contributed by atoms with Gasteiger partial charge in [0.1, 0.15) is 0 Å². The van der Waals surface area contributed by atoms with Crippen molar-refractivity contribution >= 4 is 7.12 Å². The molecule has 3 rings (SSSR count). The van der Waals surface area contributed by atoms with E-state index in [2.05, 4.69) is 90.6 Å². The molecule has 2 fully saturated rings. The normalized spacial score (nSPS) is 23.9. The van der Waals surface area contributed by atoms with Gasteiger partial charge in [0.25, 0.3) is 0 Å². The Balaban J connectivity index is 1.50. The van der Waals surface area contributed by atoms with Gasteiger partial charge in [-0.2, -0.15) is 0 Å². The van der Waals surface area contributed by atoms with E-state index < -0.39 is 0 Å². The summed E-state index contributed by atoms with van der Waals surface area (Å²) >= 11 is 0. The molecule has 0 saturated carbocycles. The summed E-state index contributed by atoms with van der Waals surface area (Å²) in [5, 5.41) is 0. The van der Waals surface area contributed by atoms with E-state index in [1.165, 1.54) is 50.8 Å². The third kappa shape index (κ3) is 5.80. The Bertz CT molecular complexity index is 703. The Kier molecular flexibility index (Phi) is 7.90. The van der Waals surface area contributed by atoms with Crippen molar-refractivity contribution in [1.29, 1.82) is 0 Å². The summed E-state index contributed by atoms with van der Waals surface area (Å²) in [4.78, 5) is 2.65. The second kappa shape index (κ2) is 9.80. The van der Waals surface area contributed by atoms with E-state index in [9.17, 15) is 0 Å². The van der Waals surface area contributed by atoms with Crippen molar-refractivity contribution in [1.82, 2.24) is 4.90 Å². The third-order valence-electron chi connectivity index (χ3n) is 9.14. The second-order valence-electron chi connectivity index (χ2n) is 12.6. The Hall–Kier alpha value is -0.835. The van der Waals surface area contributed by atoms with Crippen LogP contribution < -0.4 is 0 Å². The molecular weight excluding hydrogens is 393 g/mol. The van der Waals surface area contributed by atoms with Gasteiger partial charge in [-0.05, 0) is 88.7 Å². The van der Waals surface area contributed by atoms with E-state index >= 15 is 0 Å². The van der Waals surface area contributed by atoms with Crippen molar-refractivity contribution in [3.63, 3.8) is 0 Å². The smallest absolute Gasteiger partial charge is 0.403 e. The highest BCUT2D eigenvalue weighted by atomic mass is 16.7. The van der Waals surface area contributed by atoms with Gasteiger partial charge >= 0.3 is 7.12 Å². The fourth-order valence-electron chi connectivity index (χ4n) is 5.65. The predicted octanol–water partition coefficient (Wildman–Crippen LogP) is 7.21. The number of piperidine rings is 1. The van der Waals surface area contributed by atoms with Gasteiger partial charge in [0.2, 0.25) is 0 Å². The molecule has 4 heteroatoms. The first kappa shape index (κ1) is 25.8. The Morgan fingerprint density at radius 1 is 0.906 bits per heavy atom. The number of benzene rings is 1. The van der Waals surface area contributed by atoms with E-state index in [0.29, 0.717) is 10.8 Å². The molecule has 32 heavy (non-hydrogen) atoms. The molecule has 0 aliphatic carbocycles. The average Bonchev–Trinajstić information content (AvgIpc) is 2.92. The number of unbranched alkanes of at least 4 members (excludes halogenated alkanes) is 1. The zero-order valence-corrected chi connectivity index (χ0v) is 22.2. The minimum Gasteiger partial charge on any atom is -0.403 e. The van der Waals surface area contributed by atoms with E-state index in [1.807, 2.05) is 0 Å². The van der Waals surface area contributed by atoms with Crippen molar-refractivity contribution in [2.24, 2.45) is 16.7 Å². The van der Waals surface area contributed by atoms with Gasteiger partial charge in [0.05, 0.1) is 11.2 Å². The highest BCUT2D eigenvalue weighted by molar-refractivity contribution is 6.45. The lowest BCUT2D eigenvalue weighted by atomic mass is 9.56. The summed E-state index contributed by atoms with van der Waals surface area (Å²) in [7, 11) is -0.0536. The summed E-state index contributed by atoms with van der Waals surface area (Å²) in [5.41, 5.74) is 1.68. The summed E-state index contributed by atoms with van der Waals surface area (Å²) < 4.78 is 12.4.